The lowest BCUT2D eigenvalue weighted by Gasteiger charge is -2.13. The van der Waals surface area contributed by atoms with Crippen molar-refractivity contribution in [2.45, 2.75) is 39.5 Å². The molecule has 2 N–H and O–H groups in total. The molecule has 1 saturated carbocycles. The van der Waals surface area contributed by atoms with Gasteiger partial charge in [-0.1, -0.05) is 37.3 Å². The lowest BCUT2D eigenvalue weighted by molar-refractivity contribution is -0.124. The fourth-order valence-corrected chi connectivity index (χ4v) is 3.99. The van der Waals surface area contributed by atoms with Gasteiger partial charge in [-0.2, -0.15) is 0 Å². The monoisotopic (exact) mass is 414 g/mol. The maximum absolute atomic E-state index is 12.6. The maximum atomic E-state index is 12.6. The number of aryl methyl sites for hydroxylation is 1. The van der Waals surface area contributed by atoms with Crippen molar-refractivity contribution in [3.8, 4) is 0 Å². The summed E-state index contributed by atoms with van der Waals surface area (Å²) in [6.07, 6.45) is 1.77. The Labute approximate surface area is 174 Å². The summed E-state index contributed by atoms with van der Waals surface area (Å²) in [5.74, 6) is -0.813. The lowest BCUT2D eigenvalue weighted by Crippen LogP contribution is -2.31. The molecule has 1 aromatic heterocycles. The van der Waals surface area contributed by atoms with E-state index in [1.807, 2.05) is 51.1 Å². The largest absolute Gasteiger partial charge is 0.452 e. The number of hydrogen-bond acceptors (Lipinski definition) is 5. The molecule has 29 heavy (non-hydrogen) atoms. The molecule has 1 fully saturated rings. The van der Waals surface area contributed by atoms with Crippen LogP contribution in [-0.2, 0) is 14.3 Å². The number of thiophene rings is 1. The summed E-state index contributed by atoms with van der Waals surface area (Å²) in [5, 5.41) is 6.13. The third-order valence-electron chi connectivity index (χ3n) is 5.08. The fraction of sp³-hybridized carbons (Fsp3) is 0.409. The first-order valence-corrected chi connectivity index (χ1v) is 10.6. The number of carbonyl (C=O) groups is 3. The Morgan fingerprint density at radius 3 is 2.52 bits per heavy atom. The van der Waals surface area contributed by atoms with Crippen molar-refractivity contribution in [1.82, 2.24) is 5.32 Å². The first-order chi connectivity index (χ1) is 13.9. The summed E-state index contributed by atoms with van der Waals surface area (Å²) >= 11 is 1.36. The van der Waals surface area contributed by atoms with Crippen molar-refractivity contribution in [3.63, 3.8) is 0 Å². The van der Waals surface area contributed by atoms with Crippen LogP contribution in [0.15, 0.2) is 30.3 Å². The molecule has 0 unspecified atom stereocenters. The number of benzene rings is 1. The molecule has 1 heterocycles. The molecule has 3 rings (SSSR count). The van der Waals surface area contributed by atoms with Gasteiger partial charge in [-0.15, -0.1) is 11.3 Å². The molecule has 2 aromatic rings. The van der Waals surface area contributed by atoms with E-state index in [2.05, 4.69) is 10.6 Å². The topological polar surface area (TPSA) is 84.5 Å². The second kappa shape index (κ2) is 9.22. The third kappa shape index (κ3) is 5.44. The number of hydrogen-bond donors (Lipinski definition) is 2. The van der Waals surface area contributed by atoms with E-state index in [0.717, 1.165) is 28.8 Å². The Morgan fingerprint density at radius 2 is 1.86 bits per heavy atom. The van der Waals surface area contributed by atoms with Gasteiger partial charge in [0.2, 0.25) is 5.91 Å². The maximum Gasteiger partial charge on any atom is 0.341 e. The van der Waals surface area contributed by atoms with E-state index in [9.17, 15) is 14.4 Å². The first kappa shape index (κ1) is 21.0. The van der Waals surface area contributed by atoms with Crippen molar-refractivity contribution in [2.75, 3.05) is 18.5 Å². The number of carbonyl (C=O) groups excluding carboxylic acids is 3. The van der Waals surface area contributed by atoms with Crippen molar-refractivity contribution in [1.29, 1.82) is 0 Å². The Morgan fingerprint density at radius 1 is 1.17 bits per heavy atom. The quantitative estimate of drug-likeness (QED) is 0.644. The zero-order chi connectivity index (χ0) is 21.0. The molecule has 154 valence electrons. The smallest absolute Gasteiger partial charge is 0.341 e. The Kier molecular flexibility index (Phi) is 6.69. The molecule has 1 aromatic carbocycles. The number of nitrogens with one attached hydrogen (secondary N) is 2. The third-order valence-corrected chi connectivity index (χ3v) is 6.21. The van der Waals surface area contributed by atoms with Crippen LogP contribution in [0.2, 0.25) is 0 Å². The predicted molar refractivity (Wildman–Crippen MR) is 113 cm³/mol. The molecule has 2 amide bonds. The number of esters is 1. The highest BCUT2D eigenvalue weighted by Gasteiger charge is 2.31. The van der Waals surface area contributed by atoms with Crippen molar-refractivity contribution in [3.05, 3.63) is 51.9 Å². The Balaban J connectivity index is 1.53. The molecule has 7 heteroatoms. The minimum Gasteiger partial charge on any atom is -0.452 e. The number of rotatable bonds is 8. The van der Waals surface area contributed by atoms with Gasteiger partial charge in [-0.3, -0.25) is 9.59 Å². The predicted octanol–water partition coefficient (Wildman–Crippen LogP) is 3.79. The standard InChI is InChI=1S/C22H26N2O4S/c1-13(16-7-5-4-6-8-16)11-23-18(25)12-28-22(27)19-14(2)15(3)29-21(19)24-20(26)17-9-10-17/h4-8,13,17H,9-12H2,1-3H3,(H,23,25)(H,24,26)/t13-/m1/s1. The summed E-state index contributed by atoms with van der Waals surface area (Å²) in [6, 6.07) is 9.89. The van der Waals surface area contributed by atoms with Crippen LogP contribution in [0.5, 0.6) is 0 Å². The van der Waals surface area contributed by atoms with Gasteiger partial charge < -0.3 is 15.4 Å². The SMILES string of the molecule is Cc1sc(NC(=O)C2CC2)c(C(=O)OCC(=O)NC[C@@H](C)c2ccccc2)c1C. The van der Waals surface area contributed by atoms with E-state index in [1.165, 1.54) is 11.3 Å². The van der Waals surface area contributed by atoms with Crippen LogP contribution in [0.1, 0.15) is 52.0 Å². The summed E-state index contributed by atoms with van der Waals surface area (Å²) in [5.41, 5.74) is 2.24. The molecule has 6 nitrogen and oxygen atoms in total. The van der Waals surface area contributed by atoms with Crippen LogP contribution in [0.4, 0.5) is 5.00 Å². The van der Waals surface area contributed by atoms with Crippen LogP contribution in [0.3, 0.4) is 0 Å². The van der Waals surface area contributed by atoms with Crippen LogP contribution >= 0.6 is 11.3 Å². The molecular weight excluding hydrogens is 388 g/mol. The van der Waals surface area contributed by atoms with Gasteiger partial charge in [0.25, 0.3) is 5.91 Å². The van der Waals surface area contributed by atoms with E-state index >= 15 is 0 Å². The average molecular weight is 415 g/mol. The highest BCUT2D eigenvalue weighted by Crippen LogP contribution is 2.36. The molecule has 0 bridgehead atoms. The Hall–Kier alpha value is -2.67. The van der Waals surface area contributed by atoms with Crippen molar-refractivity contribution in [2.24, 2.45) is 5.92 Å². The molecular formula is C22H26N2O4S. The second-order valence-corrected chi connectivity index (χ2v) is 8.67. The summed E-state index contributed by atoms with van der Waals surface area (Å²) in [4.78, 5) is 37.7. The minimum absolute atomic E-state index is 0.0407. The molecule has 1 aliphatic rings. The van der Waals surface area contributed by atoms with Gasteiger partial charge >= 0.3 is 5.97 Å². The molecule has 1 atom stereocenters. The Bertz CT molecular complexity index is 903. The second-order valence-electron chi connectivity index (χ2n) is 7.44. The van der Waals surface area contributed by atoms with E-state index in [4.69, 9.17) is 4.74 Å². The van der Waals surface area contributed by atoms with Gasteiger partial charge in [0, 0.05) is 17.3 Å². The van der Waals surface area contributed by atoms with Gasteiger partial charge in [0.05, 0.1) is 5.56 Å². The van der Waals surface area contributed by atoms with Gasteiger partial charge in [0.15, 0.2) is 6.61 Å². The molecule has 0 saturated heterocycles. The van der Waals surface area contributed by atoms with E-state index < -0.39 is 5.97 Å². The van der Waals surface area contributed by atoms with Crippen molar-refractivity contribution < 1.29 is 19.1 Å². The molecule has 0 spiro atoms. The normalized spacial score (nSPS) is 14.2. The highest BCUT2D eigenvalue weighted by atomic mass is 32.1. The highest BCUT2D eigenvalue weighted by molar-refractivity contribution is 7.16. The lowest BCUT2D eigenvalue weighted by atomic mass is 10.0. The number of anilines is 1. The van der Waals surface area contributed by atoms with E-state index in [0.29, 0.717) is 17.1 Å². The van der Waals surface area contributed by atoms with Gasteiger partial charge in [-0.05, 0) is 43.7 Å². The summed E-state index contributed by atoms with van der Waals surface area (Å²) in [6.45, 7) is 5.83. The molecule has 0 radical (unpaired) electrons. The minimum atomic E-state index is -0.593. The van der Waals surface area contributed by atoms with Crippen LogP contribution in [-0.4, -0.2) is 30.9 Å². The first-order valence-electron chi connectivity index (χ1n) is 9.76. The molecule has 0 aliphatic heterocycles. The molecule has 1 aliphatic carbocycles. The summed E-state index contributed by atoms with van der Waals surface area (Å²) in [7, 11) is 0. The number of ether oxygens (including phenoxy) is 1. The van der Waals surface area contributed by atoms with Crippen LogP contribution in [0, 0.1) is 19.8 Å². The van der Waals surface area contributed by atoms with Crippen molar-refractivity contribution >= 4 is 34.1 Å². The number of amides is 2. The average Bonchev–Trinajstić information content (AvgIpc) is 3.52. The zero-order valence-corrected chi connectivity index (χ0v) is 17.7. The van der Waals surface area contributed by atoms with Crippen LogP contribution < -0.4 is 10.6 Å². The fourth-order valence-electron chi connectivity index (χ4n) is 2.94. The van der Waals surface area contributed by atoms with Gasteiger partial charge in [-0.25, -0.2) is 4.79 Å². The zero-order valence-electron chi connectivity index (χ0n) is 16.9. The van der Waals surface area contributed by atoms with Gasteiger partial charge in [0.1, 0.15) is 5.00 Å². The summed E-state index contributed by atoms with van der Waals surface area (Å²) < 4.78 is 5.22. The van der Waals surface area contributed by atoms with E-state index in [-0.39, 0.29) is 30.3 Å². The van der Waals surface area contributed by atoms with Crippen LogP contribution in [0.25, 0.3) is 0 Å². The van der Waals surface area contributed by atoms with E-state index in [1.54, 1.807) is 0 Å².